The zero-order chi connectivity index (χ0) is 15.1. The van der Waals surface area contributed by atoms with E-state index in [9.17, 15) is 14.3 Å². The number of nitrogens with zero attached hydrogens (tertiary/aromatic N) is 1. The Kier molecular flexibility index (Phi) is 3.54. The third kappa shape index (κ3) is 2.84. The molecule has 2 aromatic rings. The number of amides is 1. The number of benzene rings is 1. The first-order chi connectivity index (χ1) is 9.95. The van der Waals surface area contributed by atoms with E-state index in [1.165, 1.54) is 17.0 Å². The number of carbonyl (C=O) groups excluding carboxylic acids is 1. The lowest BCUT2D eigenvalue weighted by Crippen LogP contribution is -2.35. The number of nitrogens with one attached hydrogen (secondary N) is 2. The first-order valence-corrected chi connectivity index (χ1v) is 7.21. The van der Waals surface area contributed by atoms with E-state index in [0.29, 0.717) is 15.8 Å². The molecule has 0 aliphatic heterocycles. The van der Waals surface area contributed by atoms with Crippen molar-refractivity contribution in [1.82, 2.24) is 14.9 Å². The van der Waals surface area contributed by atoms with Gasteiger partial charge in [-0.1, -0.05) is 0 Å². The molecule has 1 fully saturated rings. The second kappa shape index (κ2) is 5.23. The lowest BCUT2D eigenvalue weighted by Gasteiger charge is -2.21. The van der Waals surface area contributed by atoms with Gasteiger partial charge in [0.05, 0.1) is 22.7 Å². The molecule has 21 heavy (non-hydrogen) atoms. The number of halogens is 1. The number of H-pyrrole nitrogens is 2. The number of aromatic nitrogens is 2. The minimum atomic E-state index is -0.521. The van der Waals surface area contributed by atoms with Crippen molar-refractivity contribution < 1.29 is 14.3 Å². The molecule has 112 valence electrons. The van der Waals surface area contributed by atoms with Crippen LogP contribution in [0.5, 0.6) is 0 Å². The van der Waals surface area contributed by atoms with Crippen LogP contribution in [0.1, 0.15) is 23.2 Å². The average Bonchev–Trinajstić information content (AvgIpc) is 3.19. The van der Waals surface area contributed by atoms with E-state index in [1.807, 2.05) is 0 Å². The third-order valence-electron chi connectivity index (χ3n) is 3.79. The second-order valence-electron chi connectivity index (χ2n) is 5.55. The van der Waals surface area contributed by atoms with Crippen molar-refractivity contribution in [3.05, 3.63) is 28.3 Å². The summed E-state index contributed by atoms with van der Waals surface area (Å²) in [7, 11) is 1.60. The zero-order valence-electron chi connectivity index (χ0n) is 11.5. The predicted molar refractivity (Wildman–Crippen MR) is 79.1 cm³/mol. The van der Waals surface area contributed by atoms with Gasteiger partial charge >= 0.3 is 0 Å². The fourth-order valence-corrected chi connectivity index (χ4v) is 2.69. The lowest BCUT2D eigenvalue weighted by atomic mass is 10.1. The van der Waals surface area contributed by atoms with Crippen molar-refractivity contribution in [3.8, 4) is 0 Å². The van der Waals surface area contributed by atoms with Crippen molar-refractivity contribution in [2.45, 2.75) is 18.9 Å². The molecule has 1 saturated carbocycles. The summed E-state index contributed by atoms with van der Waals surface area (Å²) in [5.41, 5.74) is 1.15. The van der Waals surface area contributed by atoms with E-state index in [0.717, 1.165) is 12.8 Å². The SMILES string of the molecule is CN(C[C@@H](O)C1CC1)C(=O)c1cc(F)cc2[nH]c(=S)[nH]c12. The zero-order valence-corrected chi connectivity index (χ0v) is 12.3. The normalized spacial score (nSPS) is 16.1. The van der Waals surface area contributed by atoms with Gasteiger partial charge in [-0.2, -0.15) is 0 Å². The Bertz CT molecular complexity index is 750. The van der Waals surface area contributed by atoms with Crippen molar-refractivity contribution in [2.75, 3.05) is 13.6 Å². The third-order valence-corrected chi connectivity index (χ3v) is 4.00. The Hall–Kier alpha value is -1.73. The number of imidazole rings is 1. The highest BCUT2D eigenvalue weighted by Crippen LogP contribution is 2.33. The largest absolute Gasteiger partial charge is 0.391 e. The number of rotatable bonds is 4. The van der Waals surface area contributed by atoms with Crippen molar-refractivity contribution in [1.29, 1.82) is 0 Å². The molecule has 3 rings (SSSR count). The molecule has 0 spiro atoms. The lowest BCUT2D eigenvalue weighted by molar-refractivity contribution is 0.0646. The monoisotopic (exact) mass is 309 g/mol. The van der Waals surface area contributed by atoms with E-state index in [4.69, 9.17) is 12.2 Å². The molecular formula is C14H16FN3O2S. The van der Waals surface area contributed by atoms with Crippen molar-refractivity contribution in [2.24, 2.45) is 5.92 Å². The molecular weight excluding hydrogens is 293 g/mol. The Labute approximate surface area is 125 Å². The molecule has 1 aliphatic rings. The predicted octanol–water partition coefficient (Wildman–Crippen LogP) is 2.21. The number of carbonyl (C=O) groups is 1. The number of aromatic amines is 2. The molecule has 0 saturated heterocycles. The summed E-state index contributed by atoms with van der Waals surface area (Å²) in [6, 6.07) is 2.47. The first-order valence-electron chi connectivity index (χ1n) is 6.81. The summed E-state index contributed by atoms with van der Waals surface area (Å²) < 4.78 is 14.0. The summed E-state index contributed by atoms with van der Waals surface area (Å²) in [5, 5.41) is 9.93. The standard InChI is InChI=1S/C14H16FN3O2S/c1-18(6-11(19)7-2-3-7)13(20)9-4-8(15)5-10-12(9)17-14(21)16-10/h4-5,7,11,19H,2-3,6H2,1H3,(H2,16,17,21)/t11-/m1/s1. The second-order valence-corrected chi connectivity index (χ2v) is 5.95. The van der Waals surface area contributed by atoms with Crippen LogP contribution in [-0.2, 0) is 0 Å². The summed E-state index contributed by atoms with van der Waals surface area (Å²) in [5.74, 6) is -0.567. The van der Waals surface area contributed by atoms with Crippen LogP contribution in [0, 0.1) is 16.5 Å². The van der Waals surface area contributed by atoms with Crippen LogP contribution in [0.4, 0.5) is 4.39 Å². The van der Waals surface area contributed by atoms with Crippen molar-refractivity contribution in [3.63, 3.8) is 0 Å². The molecule has 3 N–H and O–H groups in total. The molecule has 0 unspecified atom stereocenters. The number of hydrogen-bond donors (Lipinski definition) is 3. The van der Waals surface area contributed by atoms with Gasteiger partial charge in [-0.05, 0) is 43.1 Å². The quantitative estimate of drug-likeness (QED) is 0.758. The number of aliphatic hydroxyl groups excluding tert-OH is 1. The first kappa shape index (κ1) is 14.2. The Morgan fingerprint density at radius 1 is 1.52 bits per heavy atom. The molecule has 1 heterocycles. The van der Waals surface area contributed by atoms with Gasteiger partial charge in [0.1, 0.15) is 5.82 Å². The maximum Gasteiger partial charge on any atom is 0.255 e. The maximum atomic E-state index is 13.6. The van der Waals surface area contributed by atoms with Crippen LogP contribution in [0.15, 0.2) is 12.1 Å². The number of aliphatic hydroxyl groups is 1. The maximum absolute atomic E-state index is 13.6. The van der Waals surface area contributed by atoms with Gasteiger partial charge in [-0.25, -0.2) is 4.39 Å². The van der Waals surface area contributed by atoms with E-state index in [2.05, 4.69) is 9.97 Å². The molecule has 1 atom stereocenters. The van der Waals surface area contributed by atoms with E-state index in [-0.39, 0.29) is 23.9 Å². The molecule has 1 aliphatic carbocycles. The summed E-state index contributed by atoms with van der Waals surface area (Å²) in [6.45, 7) is 0.243. The van der Waals surface area contributed by atoms with Gasteiger partial charge in [0, 0.05) is 13.6 Å². The molecule has 1 amide bonds. The number of likely N-dealkylation sites (N-methyl/N-ethyl adjacent to an activating group) is 1. The van der Waals surface area contributed by atoms with Gasteiger partial charge in [0.2, 0.25) is 0 Å². The van der Waals surface area contributed by atoms with Crippen LogP contribution in [0.2, 0.25) is 0 Å². The molecule has 0 bridgehead atoms. The molecule has 1 aromatic heterocycles. The van der Waals surface area contributed by atoms with Crippen LogP contribution < -0.4 is 0 Å². The summed E-state index contributed by atoms with van der Waals surface area (Å²) in [6.07, 6.45) is 1.48. The van der Waals surface area contributed by atoms with Gasteiger partial charge in [-0.3, -0.25) is 4.79 Å². The highest BCUT2D eigenvalue weighted by molar-refractivity contribution is 7.71. The Morgan fingerprint density at radius 3 is 2.90 bits per heavy atom. The van der Waals surface area contributed by atoms with Gasteiger partial charge < -0.3 is 20.0 Å². The van der Waals surface area contributed by atoms with Gasteiger partial charge in [0.15, 0.2) is 4.77 Å². The van der Waals surface area contributed by atoms with Crippen LogP contribution in [0.3, 0.4) is 0 Å². The van der Waals surface area contributed by atoms with Crippen molar-refractivity contribution >= 4 is 29.2 Å². The number of hydrogen-bond acceptors (Lipinski definition) is 3. The van der Waals surface area contributed by atoms with E-state index in [1.54, 1.807) is 7.05 Å². The minimum Gasteiger partial charge on any atom is -0.391 e. The highest BCUT2D eigenvalue weighted by atomic mass is 32.1. The Balaban J connectivity index is 1.91. The molecule has 1 aromatic carbocycles. The molecule has 7 heteroatoms. The fraction of sp³-hybridized carbons (Fsp3) is 0.429. The van der Waals surface area contributed by atoms with E-state index < -0.39 is 11.9 Å². The summed E-state index contributed by atoms with van der Waals surface area (Å²) in [4.78, 5) is 19.6. The van der Waals surface area contributed by atoms with Gasteiger partial charge in [0.25, 0.3) is 5.91 Å². The fourth-order valence-electron chi connectivity index (χ4n) is 2.48. The topological polar surface area (TPSA) is 72.1 Å². The summed E-state index contributed by atoms with van der Waals surface area (Å²) >= 11 is 4.98. The molecule has 0 radical (unpaired) electrons. The van der Waals surface area contributed by atoms with Gasteiger partial charge in [-0.15, -0.1) is 0 Å². The van der Waals surface area contributed by atoms with Crippen LogP contribution >= 0.6 is 12.2 Å². The smallest absolute Gasteiger partial charge is 0.255 e. The molecule has 5 nitrogen and oxygen atoms in total. The van der Waals surface area contributed by atoms with Crippen LogP contribution in [0.25, 0.3) is 11.0 Å². The highest BCUT2D eigenvalue weighted by Gasteiger charge is 2.31. The Morgan fingerprint density at radius 2 is 2.24 bits per heavy atom. The number of fused-ring (bicyclic) bond motifs is 1. The van der Waals surface area contributed by atoms with E-state index >= 15 is 0 Å². The minimum absolute atomic E-state index is 0.211. The van der Waals surface area contributed by atoms with Crippen LogP contribution in [-0.4, -0.2) is 45.6 Å². The average molecular weight is 309 g/mol.